The highest BCUT2D eigenvalue weighted by Crippen LogP contribution is 2.21. The predicted molar refractivity (Wildman–Crippen MR) is 84.8 cm³/mol. The first-order valence-electron chi connectivity index (χ1n) is 6.43. The number of aromatic amines is 1. The molecular formula is C15H13N5S. The smallest absolute Gasteiger partial charge is 0.216 e. The summed E-state index contributed by atoms with van der Waals surface area (Å²) in [7, 11) is 0. The summed E-state index contributed by atoms with van der Waals surface area (Å²) in [5.74, 6) is 0.698. The van der Waals surface area contributed by atoms with Crippen molar-refractivity contribution in [3.8, 4) is 11.4 Å². The molecule has 2 heterocycles. The molecule has 3 aromatic rings. The van der Waals surface area contributed by atoms with E-state index >= 15 is 0 Å². The summed E-state index contributed by atoms with van der Waals surface area (Å²) in [6.45, 7) is 2.03. The van der Waals surface area contributed by atoms with Crippen LogP contribution in [0.15, 0.2) is 53.9 Å². The Hall–Kier alpha value is -2.60. The van der Waals surface area contributed by atoms with Crippen molar-refractivity contribution in [3.05, 3.63) is 64.7 Å². The monoisotopic (exact) mass is 295 g/mol. The average molecular weight is 295 g/mol. The highest BCUT2D eigenvalue weighted by Gasteiger charge is 2.09. The molecule has 0 atom stereocenters. The van der Waals surface area contributed by atoms with Gasteiger partial charge in [0.15, 0.2) is 5.82 Å². The van der Waals surface area contributed by atoms with Crippen LogP contribution in [0.1, 0.15) is 11.1 Å². The number of nitrogens with zero attached hydrogens (tertiary/aromatic N) is 4. The molecule has 6 heteroatoms. The zero-order valence-corrected chi connectivity index (χ0v) is 12.2. The van der Waals surface area contributed by atoms with Crippen molar-refractivity contribution in [2.45, 2.75) is 6.92 Å². The molecule has 3 rings (SSSR count). The number of rotatable bonds is 3. The van der Waals surface area contributed by atoms with Crippen molar-refractivity contribution in [2.24, 2.45) is 5.10 Å². The molecule has 0 aliphatic carbocycles. The van der Waals surface area contributed by atoms with Gasteiger partial charge in [0.1, 0.15) is 0 Å². The maximum Gasteiger partial charge on any atom is 0.216 e. The Morgan fingerprint density at radius 3 is 2.71 bits per heavy atom. The first-order valence-corrected chi connectivity index (χ1v) is 6.84. The zero-order chi connectivity index (χ0) is 14.7. The Labute approximate surface area is 127 Å². The molecule has 104 valence electrons. The minimum atomic E-state index is 0.457. The number of nitrogens with one attached hydrogen (secondary N) is 1. The molecule has 0 saturated heterocycles. The molecule has 5 nitrogen and oxygen atoms in total. The molecule has 0 radical (unpaired) electrons. The Morgan fingerprint density at radius 2 is 1.95 bits per heavy atom. The molecule has 21 heavy (non-hydrogen) atoms. The van der Waals surface area contributed by atoms with Gasteiger partial charge < -0.3 is 0 Å². The van der Waals surface area contributed by atoms with Gasteiger partial charge in [0.05, 0.1) is 6.21 Å². The number of aryl methyl sites for hydroxylation is 1. The van der Waals surface area contributed by atoms with Crippen molar-refractivity contribution in [3.63, 3.8) is 0 Å². The Kier molecular flexibility index (Phi) is 3.70. The maximum atomic E-state index is 5.25. The van der Waals surface area contributed by atoms with Gasteiger partial charge in [0.2, 0.25) is 4.77 Å². The summed E-state index contributed by atoms with van der Waals surface area (Å²) in [6.07, 6.45) is 5.17. The molecule has 0 amide bonds. The Bertz CT molecular complexity index is 833. The van der Waals surface area contributed by atoms with E-state index in [0.717, 1.165) is 16.7 Å². The highest BCUT2D eigenvalue weighted by atomic mass is 32.1. The van der Waals surface area contributed by atoms with Gasteiger partial charge in [-0.25, -0.2) is 5.10 Å². The van der Waals surface area contributed by atoms with E-state index < -0.39 is 0 Å². The van der Waals surface area contributed by atoms with Crippen LogP contribution >= 0.6 is 12.2 Å². The minimum Gasteiger partial charge on any atom is -0.265 e. The molecule has 0 spiro atoms. The van der Waals surface area contributed by atoms with Crippen molar-refractivity contribution < 1.29 is 0 Å². The molecule has 0 bridgehead atoms. The number of benzene rings is 1. The van der Waals surface area contributed by atoms with E-state index in [4.69, 9.17) is 12.2 Å². The van der Waals surface area contributed by atoms with Gasteiger partial charge in [-0.3, -0.25) is 4.98 Å². The van der Waals surface area contributed by atoms with Crippen LogP contribution < -0.4 is 0 Å². The normalized spacial score (nSPS) is 11.1. The van der Waals surface area contributed by atoms with Crippen molar-refractivity contribution >= 4 is 18.4 Å². The SMILES string of the molecule is Cc1ccccc1-c1n[nH]c(=S)n1N=Cc1ccncc1. The first-order chi connectivity index (χ1) is 10.3. The number of hydrogen-bond donors (Lipinski definition) is 1. The predicted octanol–water partition coefficient (Wildman–Crippen LogP) is 3.19. The van der Waals surface area contributed by atoms with Crippen molar-refractivity contribution in [1.82, 2.24) is 19.9 Å². The molecule has 1 N–H and O–H groups in total. The van der Waals surface area contributed by atoms with Crippen molar-refractivity contribution in [1.29, 1.82) is 0 Å². The van der Waals surface area contributed by atoms with E-state index in [-0.39, 0.29) is 0 Å². The second kappa shape index (κ2) is 5.80. The first kappa shape index (κ1) is 13.4. The lowest BCUT2D eigenvalue weighted by Gasteiger charge is -2.04. The summed E-state index contributed by atoms with van der Waals surface area (Å²) in [5, 5.41) is 11.5. The third kappa shape index (κ3) is 2.80. The Morgan fingerprint density at radius 1 is 1.19 bits per heavy atom. The van der Waals surface area contributed by atoms with Crippen LogP contribution in [0.4, 0.5) is 0 Å². The van der Waals surface area contributed by atoms with Crippen molar-refractivity contribution in [2.75, 3.05) is 0 Å². The second-order valence-electron chi connectivity index (χ2n) is 4.50. The van der Waals surface area contributed by atoms with E-state index in [2.05, 4.69) is 20.3 Å². The molecule has 0 aliphatic heterocycles. The molecular weight excluding hydrogens is 282 g/mol. The Balaban J connectivity index is 2.05. The number of aromatic nitrogens is 4. The summed E-state index contributed by atoms with van der Waals surface area (Å²) < 4.78 is 2.08. The lowest BCUT2D eigenvalue weighted by atomic mass is 10.1. The summed E-state index contributed by atoms with van der Waals surface area (Å²) >= 11 is 5.25. The van der Waals surface area contributed by atoms with Crippen LogP contribution in [0, 0.1) is 11.7 Å². The highest BCUT2D eigenvalue weighted by molar-refractivity contribution is 7.71. The number of hydrogen-bond acceptors (Lipinski definition) is 4. The fourth-order valence-electron chi connectivity index (χ4n) is 1.97. The fraction of sp³-hybridized carbons (Fsp3) is 0.0667. The molecule has 0 saturated carbocycles. The number of pyridine rings is 1. The summed E-state index contributed by atoms with van der Waals surface area (Å²) in [4.78, 5) is 3.98. The van der Waals surface area contributed by atoms with Crippen LogP contribution in [0.3, 0.4) is 0 Å². The second-order valence-corrected chi connectivity index (χ2v) is 4.89. The van der Waals surface area contributed by atoms with Gasteiger partial charge in [0.25, 0.3) is 0 Å². The van der Waals surface area contributed by atoms with Gasteiger partial charge in [0, 0.05) is 18.0 Å². The summed E-state index contributed by atoms with van der Waals surface area (Å²) in [6, 6.07) is 11.7. The van der Waals surface area contributed by atoms with Crippen LogP contribution in [-0.2, 0) is 0 Å². The van der Waals surface area contributed by atoms with Gasteiger partial charge in [-0.2, -0.15) is 14.9 Å². The topological polar surface area (TPSA) is 58.9 Å². The van der Waals surface area contributed by atoms with E-state index in [0.29, 0.717) is 10.6 Å². The van der Waals surface area contributed by atoms with E-state index in [1.807, 2.05) is 43.3 Å². The van der Waals surface area contributed by atoms with Gasteiger partial charge in [-0.15, -0.1) is 0 Å². The van der Waals surface area contributed by atoms with E-state index in [9.17, 15) is 0 Å². The quantitative estimate of drug-likeness (QED) is 0.596. The lowest BCUT2D eigenvalue weighted by Crippen LogP contribution is -1.96. The molecule has 0 aliphatic rings. The fourth-order valence-corrected chi connectivity index (χ4v) is 2.15. The molecule has 0 unspecified atom stereocenters. The minimum absolute atomic E-state index is 0.457. The van der Waals surface area contributed by atoms with E-state index in [1.54, 1.807) is 23.3 Å². The molecule has 1 aromatic carbocycles. The summed E-state index contributed by atoms with van der Waals surface area (Å²) in [5.41, 5.74) is 3.06. The standard InChI is InChI=1S/C15H13N5S/c1-11-4-2-3-5-13(11)14-18-19-15(21)20(14)17-10-12-6-8-16-9-7-12/h2-10H,1H3,(H,19,21). The number of H-pyrrole nitrogens is 1. The van der Waals surface area contributed by atoms with Crippen LogP contribution in [0.25, 0.3) is 11.4 Å². The maximum absolute atomic E-state index is 5.25. The molecule has 0 fully saturated rings. The van der Waals surface area contributed by atoms with Crippen LogP contribution in [-0.4, -0.2) is 26.1 Å². The van der Waals surface area contributed by atoms with E-state index in [1.165, 1.54) is 0 Å². The van der Waals surface area contributed by atoms with Gasteiger partial charge >= 0.3 is 0 Å². The van der Waals surface area contributed by atoms with Crippen LogP contribution in [0.5, 0.6) is 0 Å². The van der Waals surface area contributed by atoms with Gasteiger partial charge in [-0.05, 0) is 42.4 Å². The third-order valence-electron chi connectivity index (χ3n) is 3.06. The molecule has 2 aromatic heterocycles. The van der Waals surface area contributed by atoms with Gasteiger partial charge in [-0.1, -0.05) is 24.3 Å². The average Bonchev–Trinajstić information content (AvgIpc) is 2.88. The van der Waals surface area contributed by atoms with Crippen LogP contribution in [0.2, 0.25) is 0 Å². The third-order valence-corrected chi connectivity index (χ3v) is 3.33. The zero-order valence-electron chi connectivity index (χ0n) is 11.4. The largest absolute Gasteiger partial charge is 0.265 e. The lowest BCUT2D eigenvalue weighted by molar-refractivity contribution is 0.870.